The van der Waals surface area contributed by atoms with E-state index in [1.165, 1.54) is 0 Å². The normalized spacial score (nSPS) is 12.0. The highest BCUT2D eigenvalue weighted by molar-refractivity contribution is 5.92. The van der Waals surface area contributed by atoms with E-state index in [0.29, 0.717) is 5.92 Å². The summed E-state index contributed by atoms with van der Waals surface area (Å²) < 4.78 is 9.47. The number of benzene rings is 1. The van der Waals surface area contributed by atoms with Gasteiger partial charge in [-0.3, -0.25) is 4.79 Å². The predicted molar refractivity (Wildman–Crippen MR) is 93.5 cm³/mol. The van der Waals surface area contributed by atoms with Crippen molar-refractivity contribution in [2.45, 2.75) is 33.2 Å². The second-order valence-corrected chi connectivity index (χ2v) is 5.85. The lowest BCUT2D eigenvalue weighted by Crippen LogP contribution is -2.33. The van der Waals surface area contributed by atoms with E-state index in [1.54, 1.807) is 6.92 Å². The van der Waals surface area contributed by atoms with Crippen LogP contribution >= 0.6 is 0 Å². The fourth-order valence-corrected chi connectivity index (χ4v) is 2.18. The second-order valence-electron chi connectivity index (χ2n) is 5.85. The Kier molecular flexibility index (Phi) is 9.00. The zero-order valence-electron chi connectivity index (χ0n) is 14.9. The largest absolute Gasteiger partial charge is 0.463 e. The summed E-state index contributed by atoms with van der Waals surface area (Å²) >= 11 is 0. The maximum absolute atomic E-state index is 12.0. The first-order valence-corrected chi connectivity index (χ1v) is 8.28. The van der Waals surface area contributed by atoms with Gasteiger partial charge in [-0.2, -0.15) is 0 Å². The highest BCUT2D eigenvalue weighted by Gasteiger charge is 2.16. The minimum absolute atomic E-state index is 0.150. The van der Waals surface area contributed by atoms with Crippen LogP contribution < -0.4 is 5.32 Å². The zero-order valence-corrected chi connectivity index (χ0v) is 14.9. The summed E-state index contributed by atoms with van der Waals surface area (Å²) in [7, 11) is 0. The van der Waals surface area contributed by atoms with Gasteiger partial charge in [0.05, 0.1) is 12.6 Å². The number of amides is 1. The summed E-state index contributed by atoms with van der Waals surface area (Å²) in [5.74, 6) is -1.42. The fourth-order valence-electron chi connectivity index (χ4n) is 2.18. The van der Waals surface area contributed by atoms with Crippen molar-refractivity contribution in [1.82, 2.24) is 5.32 Å². The van der Waals surface area contributed by atoms with Crippen molar-refractivity contribution in [3.8, 4) is 0 Å². The maximum atomic E-state index is 12.0. The molecule has 0 heterocycles. The van der Waals surface area contributed by atoms with Gasteiger partial charge in [0.25, 0.3) is 5.91 Å². The molecule has 1 aromatic rings. The summed E-state index contributed by atoms with van der Waals surface area (Å²) in [4.78, 5) is 34.6. The molecule has 0 aliphatic heterocycles. The Morgan fingerprint density at radius 3 is 2.20 bits per heavy atom. The highest BCUT2D eigenvalue weighted by atomic mass is 16.5. The lowest BCUT2D eigenvalue weighted by atomic mass is 9.97. The Morgan fingerprint density at radius 2 is 1.64 bits per heavy atom. The van der Waals surface area contributed by atoms with E-state index >= 15 is 0 Å². The molecule has 1 amide bonds. The second kappa shape index (κ2) is 11.0. The van der Waals surface area contributed by atoms with Crippen molar-refractivity contribution < 1.29 is 23.9 Å². The third kappa shape index (κ3) is 8.69. The fraction of sp³-hybridized carbons (Fsp3) is 0.421. The van der Waals surface area contributed by atoms with Gasteiger partial charge in [-0.05, 0) is 24.8 Å². The van der Waals surface area contributed by atoms with Crippen LogP contribution in [-0.4, -0.2) is 31.1 Å². The maximum Gasteiger partial charge on any atom is 0.331 e. The Morgan fingerprint density at radius 1 is 1.04 bits per heavy atom. The molecular formula is C19H25NO5. The van der Waals surface area contributed by atoms with Crippen LogP contribution in [0.1, 0.15) is 38.8 Å². The zero-order chi connectivity index (χ0) is 18.7. The van der Waals surface area contributed by atoms with E-state index in [0.717, 1.165) is 24.1 Å². The number of hydrogen-bond acceptors (Lipinski definition) is 5. The lowest BCUT2D eigenvalue weighted by molar-refractivity contribution is -0.144. The van der Waals surface area contributed by atoms with Gasteiger partial charge in [0.1, 0.15) is 0 Å². The molecule has 1 atom stereocenters. The standard InChI is InChI=1S/C19H25NO5/c1-4-24-18(22)10-11-19(23)25-13-17(21)20-16(12-14(2)3)15-8-6-5-7-9-15/h5-11,14,16H,4,12-13H2,1-3H3,(H,20,21)/b11-10+/t16-/m1/s1. The Hall–Kier alpha value is -2.63. The van der Waals surface area contributed by atoms with Crippen molar-refractivity contribution in [3.05, 3.63) is 48.0 Å². The molecule has 6 nitrogen and oxygen atoms in total. The predicted octanol–water partition coefficient (Wildman–Crippen LogP) is 2.55. The first-order valence-electron chi connectivity index (χ1n) is 8.28. The quantitative estimate of drug-likeness (QED) is 0.548. The van der Waals surface area contributed by atoms with Gasteiger partial charge >= 0.3 is 11.9 Å². The van der Waals surface area contributed by atoms with Gasteiger partial charge in [-0.1, -0.05) is 44.2 Å². The van der Waals surface area contributed by atoms with E-state index in [1.807, 2.05) is 30.3 Å². The molecule has 0 spiro atoms. The van der Waals surface area contributed by atoms with Crippen LogP contribution in [0.3, 0.4) is 0 Å². The third-order valence-corrected chi connectivity index (χ3v) is 3.23. The number of esters is 2. The van der Waals surface area contributed by atoms with Gasteiger partial charge in [0.2, 0.25) is 0 Å². The van der Waals surface area contributed by atoms with Crippen molar-refractivity contribution >= 4 is 17.8 Å². The molecule has 0 saturated carbocycles. The topological polar surface area (TPSA) is 81.7 Å². The molecule has 0 bridgehead atoms. The van der Waals surface area contributed by atoms with Crippen LogP contribution in [0.2, 0.25) is 0 Å². The van der Waals surface area contributed by atoms with Crippen LogP contribution in [0.25, 0.3) is 0 Å². The van der Waals surface area contributed by atoms with Crippen LogP contribution in [0.4, 0.5) is 0 Å². The minimum Gasteiger partial charge on any atom is -0.463 e. The van der Waals surface area contributed by atoms with Gasteiger partial charge in [-0.25, -0.2) is 9.59 Å². The summed E-state index contributed by atoms with van der Waals surface area (Å²) in [5, 5.41) is 2.87. The first kappa shape index (κ1) is 20.4. The van der Waals surface area contributed by atoms with Crippen molar-refractivity contribution in [2.24, 2.45) is 5.92 Å². The summed E-state index contributed by atoms with van der Waals surface area (Å²) in [6.07, 6.45) is 2.68. The van der Waals surface area contributed by atoms with Crippen LogP contribution in [-0.2, 0) is 23.9 Å². The van der Waals surface area contributed by atoms with Gasteiger partial charge < -0.3 is 14.8 Å². The molecule has 1 N–H and O–H groups in total. The summed E-state index contributed by atoms with van der Waals surface area (Å²) in [6.45, 7) is 5.62. The Bertz CT molecular complexity index is 595. The molecule has 136 valence electrons. The van der Waals surface area contributed by atoms with Crippen LogP contribution in [0, 0.1) is 5.92 Å². The van der Waals surface area contributed by atoms with Crippen LogP contribution in [0.15, 0.2) is 42.5 Å². The molecule has 1 rings (SSSR count). The molecule has 6 heteroatoms. The SMILES string of the molecule is CCOC(=O)/C=C/C(=O)OCC(=O)N[C@H](CC(C)C)c1ccccc1. The first-order chi connectivity index (χ1) is 11.9. The number of nitrogens with one attached hydrogen (secondary N) is 1. The average Bonchev–Trinajstić information content (AvgIpc) is 2.58. The molecule has 0 aromatic heterocycles. The van der Waals surface area contributed by atoms with E-state index in [9.17, 15) is 14.4 Å². The smallest absolute Gasteiger partial charge is 0.331 e. The van der Waals surface area contributed by atoms with Gasteiger partial charge in [0, 0.05) is 12.2 Å². The Labute approximate surface area is 148 Å². The molecule has 0 unspecified atom stereocenters. The number of carbonyl (C=O) groups is 3. The van der Waals surface area contributed by atoms with E-state index in [2.05, 4.69) is 23.9 Å². The monoisotopic (exact) mass is 347 g/mol. The number of rotatable bonds is 9. The van der Waals surface area contributed by atoms with Gasteiger partial charge in [0.15, 0.2) is 6.61 Å². The molecule has 0 fully saturated rings. The van der Waals surface area contributed by atoms with Crippen molar-refractivity contribution in [3.63, 3.8) is 0 Å². The molecule has 0 radical (unpaired) electrons. The molecule has 0 aliphatic rings. The summed E-state index contributed by atoms with van der Waals surface area (Å²) in [6, 6.07) is 9.48. The van der Waals surface area contributed by atoms with E-state index in [-0.39, 0.29) is 12.6 Å². The molecular weight excluding hydrogens is 322 g/mol. The average molecular weight is 347 g/mol. The molecule has 0 aliphatic carbocycles. The number of ether oxygens (including phenoxy) is 2. The molecule has 25 heavy (non-hydrogen) atoms. The Balaban J connectivity index is 2.52. The van der Waals surface area contributed by atoms with E-state index < -0.39 is 24.5 Å². The molecule has 1 aromatic carbocycles. The third-order valence-electron chi connectivity index (χ3n) is 3.23. The number of hydrogen-bond donors (Lipinski definition) is 1. The van der Waals surface area contributed by atoms with Crippen molar-refractivity contribution in [1.29, 1.82) is 0 Å². The van der Waals surface area contributed by atoms with Gasteiger partial charge in [-0.15, -0.1) is 0 Å². The number of carbonyl (C=O) groups excluding carboxylic acids is 3. The van der Waals surface area contributed by atoms with E-state index in [4.69, 9.17) is 4.74 Å². The van der Waals surface area contributed by atoms with Crippen LogP contribution in [0.5, 0.6) is 0 Å². The lowest BCUT2D eigenvalue weighted by Gasteiger charge is -2.21. The molecule has 0 saturated heterocycles. The highest BCUT2D eigenvalue weighted by Crippen LogP contribution is 2.20. The minimum atomic E-state index is -0.775. The van der Waals surface area contributed by atoms with Crippen molar-refractivity contribution in [2.75, 3.05) is 13.2 Å². The summed E-state index contributed by atoms with van der Waals surface area (Å²) in [5.41, 5.74) is 0.998.